The predicted molar refractivity (Wildman–Crippen MR) is 153 cm³/mol. The van der Waals surface area contributed by atoms with Crippen LogP contribution in [0, 0.1) is 17.8 Å². The van der Waals surface area contributed by atoms with E-state index in [-0.39, 0.29) is 23.7 Å². The average molecular weight is 622 g/mol. The molecule has 3 atom stereocenters. The number of carbonyl (C=O) groups is 4. The molecule has 1 saturated heterocycles. The maximum Gasteiger partial charge on any atom is 0.330 e. The number of anilines is 1. The number of rotatable bonds is 6. The Kier molecular flexibility index (Phi) is 6.79. The Hall–Kier alpha value is -3.49. The summed E-state index contributed by atoms with van der Waals surface area (Å²) in [6.45, 7) is 2.93. The summed E-state index contributed by atoms with van der Waals surface area (Å²) < 4.78 is 6.12. The van der Waals surface area contributed by atoms with Crippen molar-refractivity contribution in [2.45, 2.75) is 31.7 Å². The van der Waals surface area contributed by atoms with E-state index in [0.29, 0.717) is 10.7 Å². The second-order valence-electron chi connectivity index (χ2n) is 10.8. The highest BCUT2D eigenvalue weighted by atomic mass is 79.9. The van der Waals surface area contributed by atoms with Crippen molar-refractivity contribution in [2.75, 3.05) is 11.9 Å². The number of nitrogens with one attached hydrogen (secondary N) is 1. The Morgan fingerprint density at radius 3 is 1.85 bits per heavy atom. The molecule has 1 fully saturated rings. The van der Waals surface area contributed by atoms with E-state index >= 15 is 0 Å². The van der Waals surface area contributed by atoms with Crippen LogP contribution in [0.1, 0.15) is 47.9 Å². The van der Waals surface area contributed by atoms with Crippen LogP contribution < -0.4 is 5.32 Å². The third-order valence-electron chi connectivity index (χ3n) is 8.18. The number of amides is 3. The number of esters is 1. The van der Waals surface area contributed by atoms with Crippen LogP contribution >= 0.6 is 27.5 Å². The van der Waals surface area contributed by atoms with Gasteiger partial charge in [0, 0.05) is 16.3 Å². The normalized spacial score (nSPS) is 23.0. The third kappa shape index (κ3) is 4.16. The molecule has 0 unspecified atom stereocenters. The van der Waals surface area contributed by atoms with Gasteiger partial charge in [0.25, 0.3) is 5.91 Å². The first kappa shape index (κ1) is 26.7. The van der Waals surface area contributed by atoms with Crippen LogP contribution in [0.15, 0.2) is 71.2 Å². The van der Waals surface area contributed by atoms with Crippen LogP contribution in [0.2, 0.25) is 5.02 Å². The van der Waals surface area contributed by atoms with Gasteiger partial charge in [0.2, 0.25) is 11.8 Å². The fourth-order valence-corrected chi connectivity index (χ4v) is 7.37. The lowest BCUT2D eigenvalue weighted by molar-refractivity contribution is -0.162. The highest BCUT2D eigenvalue weighted by molar-refractivity contribution is 9.10. The molecule has 9 heteroatoms. The zero-order valence-corrected chi connectivity index (χ0v) is 24.1. The first-order valence-corrected chi connectivity index (χ1v) is 14.3. The number of hydrogen-bond donors (Lipinski definition) is 1. The molecular weight excluding hydrogens is 596 g/mol. The Balaban J connectivity index is 1.26. The first-order chi connectivity index (χ1) is 19.2. The monoisotopic (exact) mass is 620 g/mol. The van der Waals surface area contributed by atoms with Gasteiger partial charge < -0.3 is 10.1 Å². The number of ether oxygens (including phenoxy) is 1. The number of likely N-dealkylation sites (tertiary alicyclic amines) is 1. The van der Waals surface area contributed by atoms with Crippen molar-refractivity contribution in [2.24, 2.45) is 17.8 Å². The molecule has 204 valence electrons. The minimum absolute atomic E-state index is 0.269. The van der Waals surface area contributed by atoms with Crippen molar-refractivity contribution < 1.29 is 23.9 Å². The highest BCUT2D eigenvalue weighted by Crippen LogP contribution is 2.61. The Labute approximate surface area is 245 Å². The van der Waals surface area contributed by atoms with E-state index in [2.05, 4.69) is 21.2 Å². The van der Waals surface area contributed by atoms with Crippen LogP contribution in [-0.4, -0.2) is 41.2 Å². The van der Waals surface area contributed by atoms with E-state index in [1.165, 1.54) is 0 Å². The van der Waals surface area contributed by atoms with Crippen molar-refractivity contribution in [1.82, 2.24) is 4.90 Å². The number of benzene rings is 3. The lowest BCUT2D eigenvalue weighted by Gasteiger charge is -2.45. The van der Waals surface area contributed by atoms with Crippen molar-refractivity contribution in [3.05, 3.63) is 98.5 Å². The quantitative estimate of drug-likeness (QED) is 0.290. The number of imide groups is 1. The van der Waals surface area contributed by atoms with Crippen molar-refractivity contribution in [1.29, 1.82) is 0 Å². The maximum atomic E-state index is 14.1. The van der Waals surface area contributed by atoms with E-state index in [1.807, 2.05) is 48.5 Å². The Morgan fingerprint density at radius 2 is 1.40 bits per heavy atom. The van der Waals surface area contributed by atoms with Crippen LogP contribution in [0.5, 0.6) is 0 Å². The summed E-state index contributed by atoms with van der Waals surface area (Å²) >= 11 is 9.48. The number of halogens is 2. The molecule has 3 aliphatic carbocycles. The van der Waals surface area contributed by atoms with E-state index < -0.39 is 42.3 Å². The molecule has 1 aliphatic heterocycles. The molecule has 7 nitrogen and oxygen atoms in total. The zero-order valence-electron chi connectivity index (χ0n) is 21.8. The van der Waals surface area contributed by atoms with E-state index in [0.717, 1.165) is 31.6 Å². The average Bonchev–Trinajstić information content (AvgIpc) is 3.19. The molecule has 1 N–H and O–H groups in total. The molecule has 3 amide bonds. The molecule has 0 radical (unpaired) electrons. The van der Waals surface area contributed by atoms with Gasteiger partial charge in [-0.15, -0.1) is 0 Å². The number of hydrogen-bond acceptors (Lipinski definition) is 5. The molecule has 0 spiro atoms. The molecule has 4 aliphatic rings. The van der Waals surface area contributed by atoms with Crippen LogP contribution in [0.3, 0.4) is 0 Å². The van der Waals surface area contributed by atoms with Crippen LogP contribution in [0.4, 0.5) is 5.69 Å². The smallest absolute Gasteiger partial charge is 0.330 e. The minimum atomic E-state index is -1.15. The lowest BCUT2D eigenvalue weighted by atomic mass is 9.55. The first-order valence-electron chi connectivity index (χ1n) is 13.1. The molecule has 3 aromatic rings. The fraction of sp³-hybridized carbons (Fsp3) is 0.290. The summed E-state index contributed by atoms with van der Waals surface area (Å²) in [5.41, 5.74) is 4.60. The van der Waals surface area contributed by atoms with E-state index in [4.69, 9.17) is 16.3 Å². The van der Waals surface area contributed by atoms with Gasteiger partial charge in [0.05, 0.1) is 22.5 Å². The van der Waals surface area contributed by atoms with Gasteiger partial charge >= 0.3 is 5.97 Å². The van der Waals surface area contributed by atoms with Gasteiger partial charge in [0.15, 0.2) is 6.61 Å². The summed E-state index contributed by atoms with van der Waals surface area (Å²) in [6.07, 6.45) is 0. The summed E-state index contributed by atoms with van der Waals surface area (Å²) in [4.78, 5) is 55.1. The van der Waals surface area contributed by atoms with Gasteiger partial charge in [-0.25, -0.2) is 4.79 Å². The Morgan fingerprint density at radius 1 is 0.900 bits per heavy atom. The number of carbonyl (C=O) groups excluding carboxylic acids is 4. The van der Waals surface area contributed by atoms with Crippen molar-refractivity contribution in [3.8, 4) is 0 Å². The molecule has 0 aromatic heterocycles. The third-order valence-corrected chi connectivity index (χ3v) is 8.99. The highest BCUT2D eigenvalue weighted by Gasteiger charge is 2.63. The molecule has 2 bridgehead atoms. The molecular formula is C31H26BrClN2O5. The molecule has 7 rings (SSSR count). The Bertz CT molecular complexity index is 1460. The molecule has 3 aromatic carbocycles. The minimum Gasteiger partial charge on any atom is -0.454 e. The van der Waals surface area contributed by atoms with Crippen LogP contribution in [0.25, 0.3) is 0 Å². The maximum absolute atomic E-state index is 14.1. The van der Waals surface area contributed by atoms with E-state index in [9.17, 15) is 19.2 Å². The van der Waals surface area contributed by atoms with Gasteiger partial charge in [0.1, 0.15) is 6.04 Å². The van der Waals surface area contributed by atoms with Gasteiger partial charge in [-0.1, -0.05) is 89.9 Å². The zero-order chi connectivity index (χ0) is 28.3. The fourth-order valence-electron chi connectivity index (χ4n) is 6.65. The predicted octanol–water partition coefficient (Wildman–Crippen LogP) is 5.50. The second-order valence-corrected chi connectivity index (χ2v) is 12.1. The van der Waals surface area contributed by atoms with Crippen molar-refractivity contribution >= 4 is 56.9 Å². The lowest BCUT2D eigenvalue weighted by Crippen LogP contribution is -2.49. The standard InChI is InChI=1S/C31H26BrClN2O5/c1-15(2)28(31(39)40-14-23(36)34-22-12-11-16(32)13-21(22)33)35-29(37)26-24-17-7-3-4-8-18(17)25(27(26)30(35)38)20-10-6-5-9-19(20)24/h3-13,15,24-28H,14H2,1-2H3,(H,34,36)/t24?,25?,26-,27-,28-/m1/s1. The molecule has 40 heavy (non-hydrogen) atoms. The molecule has 0 saturated carbocycles. The van der Waals surface area contributed by atoms with Gasteiger partial charge in [-0.2, -0.15) is 0 Å². The largest absolute Gasteiger partial charge is 0.454 e. The number of nitrogens with zero attached hydrogens (tertiary/aromatic N) is 1. The summed E-state index contributed by atoms with van der Waals surface area (Å²) in [7, 11) is 0. The SMILES string of the molecule is CC(C)[C@H](C(=O)OCC(=O)Nc1ccc(Br)cc1Cl)N1C(=O)[C@@H]2C3c4ccccc4C(c4ccccc43)[C@H]2C1=O. The topological polar surface area (TPSA) is 92.8 Å². The van der Waals surface area contributed by atoms with Gasteiger partial charge in [-0.05, 0) is 46.4 Å². The van der Waals surface area contributed by atoms with Crippen LogP contribution in [-0.2, 0) is 23.9 Å². The van der Waals surface area contributed by atoms with Gasteiger partial charge in [-0.3, -0.25) is 19.3 Å². The molecule has 1 heterocycles. The summed E-state index contributed by atoms with van der Waals surface area (Å²) in [6, 6.07) is 19.8. The van der Waals surface area contributed by atoms with Crippen molar-refractivity contribution in [3.63, 3.8) is 0 Å². The second kappa shape index (κ2) is 10.2. The summed E-state index contributed by atoms with van der Waals surface area (Å²) in [5, 5.41) is 2.93. The summed E-state index contributed by atoms with van der Waals surface area (Å²) in [5.74, 6) is -4.27. The van der Waals surface area contributed by atoms with E-state index in [1.54, 1.807) is 32.0 Å².